The van der Waals surface area contributed by atoms with Crippen LogP contribution in [0.25, 0.3) is 0 Å². The van der Waals surface area contributed by atoms with Gasteiger partial charge in [-0.15, -0.1) is 0 Å². The van der Waals surface area contributed by atoms with Gasteiger partial charge in [-0.2, -0.15) is 5.10 Å². The highest BCUT2D eigenvalue weighted by molar-refractivity contribution is 6.12. The molecule has 3 heterocycles. The van der Waals surface area contributed by atoms with Crippen LogP contribution in [0.15, 0.2) is 90.0 Å². The van der Waals surface area contributed by atoms with Gasteiger partial charge < -0.3 is 0 Å². The molecule has 162 valence electrons. The fourth-order valence-corrected chi connectivity index (χ4v) is 5.43. The van der Waals surface area contributed by atoms with Crippen molar-refractivity contribution in [3.05, 3.63) is 107 Å². The molecule has 0 aliphatic carbocycles. The Balaban J connectivity index is 1.45. The molecule has 4 atom stereocenters. The lowest BCUT2D eigenvalue weighted by Gasteiger charge is -2.33. The second kappa shape index (κ2) is 7.52. The Bertz CT molecular complexity index is 1290. The van der Waals surface area contributed by atoms with Crippen LogP contribution in [0.5, 0.6) is 0 Å². The number of likely N-dealkylation sites (tertiary alicyclic amines) is 1. The van der Waals surface area contributed by atoms with Gasteiger partial charge in [-0.1, -0.05) is 84.9 Å². The quantitative estimate of drug-likeness (QED) is 0.465. The van der Waals surface area contributed by atoms with Crippen molar-refractivity contribution in [3.63, 3.8) is 0 Å². The van der Waals surface area contributed by atoms with E-state index in [1.165, 1.54) is 4.90 Å². The van der Waals surface area contributed by atoms with Crippen LogP contribution in [-0.4, -0.2) is 39.8 Å². The predicted molar refractivity (Wildman–Crippen MR) is 122 cm³/mol. The van der Waals surface area contributed by atoms with Crippen molar-refractivity contribution < 1.29 is 14.4 Å². The normalized spacial score (nSPS) is 25.1. The van der Waals surface area contributed by atoms with E-state index >= 15 is 0 Å². The third-order valence-electron chi connectivity index (χ3n) is 6.89. The molecule has 1 unspecified atom stereocenters. The van der Waals surface area contributed by atoms with Gasteiger partial charge in [0.25, 0.3) is 0 Å². The zero-order chi connectivity index (χ0) is 22.5. The van der Waals surface area contributed by atoms with Gasteiger partial charge >= 0.3 is 0 Å². The summed E-state index contributed by atoms with van der Waals surface area (Å²) >= 11 is 0. The number of carbonyl (C=O) groups is 3. The zero-order valence-corrected chi connectivity index (χ0v) is 17.7. The molecule has 6 nitrogen and oxygen atoms in total. The van der Waals surface area contributed by atoms with Gasteiger partial charge in [0, 0.05) is 5.56 Å². The minimum atomic E-state index is -0.829. The summed E-state index contributed by atoms with van der Waals surface area (Å²) in [5.41, 5.74) is 3.22. The van der Waals surface area contributed by atoms with E-state index in [2.05, 4.69) is 5.10 Å². The summed E-state index contributed by atoms with van der Waals surface area (Å²) < 4.78 is 0. The summed E-state index contributed by atoms with van der Waals surface area (Å²) in [7, 11) is 0. The van der Waals surface area contributed by atoms with E-state index in [0.29, 0.717) is 5.56 Å². The third-order valence-corrected chi connectivity index (χ3v) is 6.89. The Morgan fingerprint density at radius 1 is 0.788 bits per heavy atom. The summed E-state index contributed by atoms with van der Waals surface area (Å²) in [5, 5.41) is 6.28. The van der Waals surface area contributed by atoms with E-state index in [4.69, 9.17) is 0 Å². The van der Waals surface area contributed by atoms with Crippen molar-refractivity contribution in [1.29, 1.82) is 0 Å². The van der Waals surface area contributed by atoms with Crippen molar-refractivity contribution >= 4 is 23.8 Å². The summed E-state index contributed by atoms with van der Waals surface area (Å²) in [5.74, 6) is -2.16. The fourth-order valence-electron chi connectivity index (χ4n) is 5.43. The summed E-state index contributed by atoms with van der Waals surface area (Å²) in [4.78, 5) is 42.4. The van der Waals surface area contributed by atoms with E-state index in [1.54, 1.807) is 35.5 Å². The molecule has 3 aromatic carbocycles. The standard InChI is InChI=1S/C27H21N3O3/c31-25(18-11-5-2-6-12-18)24-22-21(23-20-14-8-7-13-19(20)15-28-30(23)24)26(32)29(27(22)33)16-17-9-3-1-4-10-17/h1-15,21-24H,16H2/t21-,22+,23?,24-/m1/s1. The summed E-state index contributed by atoms with van der Waals surface area (Å²) in [6.45, 7) is 0.204. The van der Waals surface area contributed by atoms with Crippen LogP contribution in [0.3, 0.4) is 0 Å². The van der Waals surface area contributed by atoms with Crippen LogP contribution in [0, 0.1) is 11.8 Å². The first-order chi connectivity index (χ1) is 16.1. The number of benzene rings is 3. The number of fused-ring (bicyclic) bond motifs is 5. The molecule has 2 amide bonds. The maximum absolute atomic E-state index is 13.7. The number of hydrazone groups is 1. The first kappa shape index (κ1) is 19.6. The largest absolute Gasteiger partial charge is 0.292 e. The Morgan fingerprint density at radius 3 is 2.18 bits per heavy atom. The maximum Gasteiger partial charge on any atom is 0.236 e. The second-order valence-electron chi connectivity index (χ2n) is 8.67. The number of hydrogen-bond donors (Lipinski definition) is 0. The molecule has 6 heteroatoms. The molecule has 3 aromatic rings. The number of carbonyl (C=O) groups excluding carboxylic acids is 3. The van der Waals surface area contributed by atoms with Gasteiger partial charge in [-0.05, 0) is 16.7 Å². The van der Waals surface area contributed by atoms with E-state index < -0.39 is 23.9 Å². The first-order valence-electron chi connectivity index (χ1n) is 11.0. The van der Waals surface area contributed by atoms with Crippen LogP contribution < -0.4 is 0 Å². The molecule has 0 bridgehead atoms. The molecule has 2 saturated heterocycles. The van der Waals surface area contributed by atoms with Crippen LogP contribution in [0.2, 0.25) is 0 Å². The molecule has 0 N–H and O–H groups in total. The number of rotatable bonds is 4. The topological polar surface area (TPSA) is 70.0 Å². The van der Waals surface area contributed by atoms with Gasteiger partial charge in [0.1, 0.15) is 6.04 Å². The van der Waals surface area contributed by atoms with E-state index in [-0.39, 0.29) is 24.1 Å². The average Bonchev–Trinajstić information content (AvgIpc) is 3.33. The highest BCUT2D eigenvalue weighted by Gasteiger charge is 2.65. The molecule has 6 rings (SSSR count). The number of hydrogen-bond acceptors (Lipinski definition) is 5. The number of amides is 2. The Morgan fingerprint density at radius 2 is 1.42 bits per heavy atom. The molecule has 3 aliphatic heterocycles. The monoisotopic (exact) mass is 435 g/mol. The van der Waals surface area contributed by atoms with Crippen LogP contribution in [0.4, 0.5) is 0 Å². The lowest BCUT2D eigenvalue weighted by molar-refractivity contribution is -0.142. The third kappa shape index (κ3) is 2.94. The van der Waals surface area contributed by atoms with Crippen molar-refractivity contribution in [1.82, 2.24) is 9.91 Å². The SMILES string of the molecule is O=C(c1ccccc1)[C@H]1[C@H]2C(=O)N(Cc3ccccc3)C(=O)[C@H]2C2c3ccccc3C=NN21. The van der Waals surface area contributed by atoms with Gasteiger partial charge in [-0.25, -0.2) is 0 Å². The molecular formula is C27H21N3O3. The second-order valence-corrected chi connectivity index (χ2v) is 8.67. The minimum absolute atomic E-state index is 0.188. The first-order valence-corrected chi connectivity index (χ1v) is 11.0. The molecule has 0 spiro atoms. The van der Waals surface area contributed by atoms with Crippen molar-refractivity contribution in [2.45, 2.75) is 18.6 Å². The van der Waals surface area contributed by atoms with E-state index in [9.17, 15) is 14.4 Å². The fraction of sp³-hybridized carbons (Fsp3) is 0.185. The van der Waals surface area contributed by atoms with E-state index in [1.807, 2.05) is 60.7 Å². The zero-order valence-electron chi connectivity index (χ0n) is 17.7. The lowest BCUT2D eigenvalue weighted by Crippen LogP contribution is -2.44. The molecule has 0 saturated carbocycles. The molecule has 0 radical (unpaired) electrons. The van der Waals surface area contributed by atoms with Crippen LogP contribution >= 0.6 is 0 Å². The number of ketones is 1. The number of imide groups is 1. The summed E-state index contributed by atoms with van der Waals surface area (Å²) in [6, 6.07) is 24.9. The highest BCUT2D eigenvalue weighted by Crippen LogP contribution is 2.52. The molecule has 3 aliphatic rings. The smallest absolute Gasteiger partial charge is 0.236 e. The Hall–Kier alpha value is -4.06. The van der Waals surface area contributed by atoms with Gasteiger partial charge in [0.05, 0.1) is 30.6 Å². The van der Waals surface area contributed by atoms with Crippen LogP contribution in [0.1, 0.15) is 33.1 Å². The van der Waals surface area contributed by atoms with Gasteiger partial charge in [0.15, 0.2) is 5.78 Å². The molecule has 2 fully saturated rings. The van der Waals surface area contributed by atoms with Gasteiger partial charge in [0.2, 0.25) is 11.8 Å². The van der Waals surface area contributed by atoms with Crippen molar-refractivity contribution in [2.24, 2.45) is 16.9 Å². The van der Waals surface area contributed by atoms with Crippen molar-refractivity contribution in [2.75, 3.05) is 0 Å². The van der Waals surface area contributed by atoms with E-state index in [0.717, 1.165) is 16.7 Å². The molecular weight excluding hydrogens is 414 g/mol. The highest BCUT2D eigenvalue weighted by atomic mass is 16.2. The summed E-state index contributed by atoms with van der Waals surface area (Å²) in [6.07, 6.45) is 1.72. The molecule has 0 aromatic heterocycles. The van der Waals surface area contributed by atoms with Gasteiger partial charge in [-0.3, -0.25) is 24.3 Å². The number of Topliss-reactive ketones (excluding diaryl/α,β-unsaturated/α-hetero) is 1. The van der Waals surface area contributed by atoms with Crippen LogP contribution in [-0.2, 0) is 16.1 Å². The average molecular weight is 435 g/mol. The predicted octanol–water partition coefficient (Wildman–Crippen LogP) is 3.44. The maximum atomic E-state index is 13.7. The lowest BCUT2D eigenvalue weighted by atomic mass is 9.83. The minimum Gasteiger partial charge on any atom is -0.292 e. The Labute approximate surface area is 191 Å². The van der Waals surface area contributed by atoms with Crippen molar-refractivity contribution in [3.8, 4) is 0 Å². The Kier molecular flexibility index (Phi) is 4.47. The molecule has 33 heavy (non-hydrogen) atoms. The number of nitrogens with zero attached hydrogens (tertiary/aromatic N) is 3.